The number of rotatable bonds is 4. The van der Waals surface area contributed by atoms with Crippen LogP contribution in [0, 0.1) is 0 Å². The van der Waals surface area contributed by atoms with Crippen LogP contribution in [0.1, 0.15) is 31.4 Å². The molecule has 0 fully saturated rings. The van der Waals surface area contributed by atoms with Crippen molar-refractivity contribution in [2.45, 2.75) is 31.9 Å². The van der Waals surface area contributed by atoms with Crippen LogP contribution in [0.4, 0.5) is 0 Å². The number of ether oxygens (including phenoxy) is 1. The average molecular weight is 286 g/mol. The molecule has 2 unspecified atom stereocenters. The van der Waals surface area contributed by atoms with E-state index in [9.17, 15) is 0 Å². The van der Waals surface area contributed by atoms with Gasteiger partial charge in [-0.1, -0.05) is 35.3 Å². The molecule has 0 saturated carbocycles. The van der Waals surface area contributed by atoms with Gasteiger partial charge in [0.1, 0.15) is 11.9 Å². The molecule has 1 aromatic rings. The Hall–Kier alpha value is -0.580. The van der Waals surface area contributed by atoms with Crippen molar-refractivity contribution in [3.63, 3.8) is 0 Å². The fourth-order valence-corrected chi connectivity index (χ4v) is 2.42. The Bertz CT molecular complexity index is 370. The van der Waals surface area contributed by atoms with Crippen LogP contribution in [0.2, 0.25) is 0 Å². The smallest absolute Gasteiger partial charge is 0.125 e. The lowest BCUT2D eigenvalue weighted by atomic mass is 10.0. The zero-order valence-electron chi connectivity index (χ0n) is 9.50. The largest absolute Gasteiger partial charge is 0.488 e. The van der Waals surface area contributed by atoms with Gasteiger partial charge in [-0.2, -0.15) is 5.48 Å². The molecule has 1 aromatic carbocycles. The lowest BCUT2D eigenvalue weighted by Gasteiger charge is -2.18. The van der Waals surface area contributed by atoms with Crippen LogP contribution in [-0.2, 0) is 4.84 Å². The second kappa shape index (κ2) is 5.17. The first-order chi connectivity index (χ1) is 7.76. The predicted molar refractivity (Wildman–Crippen MR) is 66.4 cm³/mol. The van der Waals surface area contributed by atoms with Gasteiger partial charge in [0, 0.05) is 10.0 Å². The molecule has 3 nitrogen and oxygen atoms in total. The van der Waals surface area contributed by atoms with Gasteiger partial charge >= 0.3 is 0 Å². The van der Waals surface area contributed by atoms with Gasteiger partial charge in [0.2, 0.25) is 0 Å². The van der Waals surface area contributed by atoms with Gasteiger partial charge in [-0.3, -0.25) is 0 Å². The Balaban J connectivity index is 2.25. The summed E-state index contributed by atoms with van der Waals surface area (Å²) in [5.74, 6) is 0.947. The normalized spacial score (nSPS) is 22.9. The highest BCUT2D eigenvalue weighted by atomic mass is 79.9. The molecule has 0 aromatic heterocycles. The monoisotopic (exact) mass is 285 g/mol. The van der Waals surface area contributed by atoms with Gasteiger partial charge in [-0.25, -0.2) is 0 Å². The third-order valence-corrected chi connectivity index (χ3v) is 3.27. The van der Waals surface area contributed by atoms with Crippen molar-refractivity contribution >= 4 is 15.9 Å². The summed E-state index contributed by atoms with van der Waals surface area (Å²) in [6.07, 6.45) is 2.28. The van der Waals surface area contributed by atoms with Crippen LogP contribution < -0.4 is 10.2 Å². The molecule has 0 amide bonds. The van der Waals surface area contributed by atoms with E-state index in [4.69, 9.17) is 9.57 Å². The Kier molecular flexibility index (Phi) is 3.84. The van der Waals surface area contributed by atoms with Crippen molar-refractivity contribution in [3.05, 3.63) is 28.2 Å². The van der Waals surface area contributed by atoms with Gasteiger partial charge in [0.25, 0.3) is 0 Å². The molecule has 1 heterocycles. The first kappa shape index (κ1) is 11.9. The van der Waals surface area contributed by atoms with E-state index < -0.39 is 0 Å². The van der Waals surface area contributed by atoms with E-state index in [2.05, 4.69) is 34.4 Å². The third-order valence-electron chi connectivity index (χ3n) is 2.78. The van der Waals surface area contributed by atoms with E-state index in [1.807, 2.05) is 12.1 Å². The maximum atomic E-state index is 5.92. The van der Waals surface area contributed by atoms with Gasteiger partial charge < -0.3 is 9.57 Å². The van der Waals surface area contributed by atoms with Crippen molar-refractivity contribution in [2.75, 3.05) is 7.11 Å². The Morgan fingerprint density at radius 3 is 3.00 bits per heavy atom. The van der Waals surface area contributed by atoms with Crippen molar-refractivity contribution in [3.8, 4) is 5.75 Å². The van der Waals surface area contributed by atoms with Crippen molar-refractivity contribution in [1.29, 1.82) is 0 Å². The third kappa shape index (κ3) is 2.24. The molecule has 0 aliphatic carbocycles. The molecule has 0 bridgehead atoms. The number of hydrogen-bond donors (Lipinski definition) is 1. The molecule has 0 spiro atoms. The van der Waals surface area contributed by atoms with Crippen LogP contribution in [-0.4, -0.2) is 13.2 Å². The summed E-state index contributed by atoms with van der Waals surface area (Å²) in [5, 5.41) is 0. The summed E-state index contributed by atoms with van der Waals surface area (Å²) >= 11 is 3.45. The molecule has 4 heteroatoms. The van der Waals surface area contributed by atoms with Crippen LogP contribution >= 0.6 is 15.9 Å². The van der Waals surface area contributed by atoms with Crippen LogP contribution in [0.3, 0.4) is 0 Å². The highest BCUT2D eigenvalue weighted by Gasteiger charge is 2.33. The van der Waals surface area contributed by atoms with Gasteiger partial charge in [-0.05, 0) is 18.6 Å². The van der Waals surface area contributed by atoms with Crippen molar-refractivity contribution < 1.29 is 9.57 Å². The van der Waals surface area contributed by atoms with Crippen molar-refractivity contribution in [2.24, 2.45) is 0 Å². The van der Waals surface area contributed by atoms with Crippen molar-refractivity contribution in [1.82, 2.24) is 5.48 Å². The molecular formula is C12H16BrNO2. The molecule has 2 rings (SSSR count). The fourth-order valence-electron chi connectivity index (χ4n) is 2.08. The summed E-state index contributed by atoms with van der Waals surface area (Å²) in [7, 11) is 1.64. The number of hydrogen-bond acceptors (Lipinski definition) is 3. The second-order valence-electron chi connectivity index (χ2n) is 3.93. The zero-order chi connectivity index (χ0) is 11.5. The number of nitrogens with one attached hydrogen (secondary N) is 1. The molecule has 0 radical (unpaired) electrons. The van der Waals surface area contributed by atoms with E-state index >= 15 is 0 Å². The first-order valence-corrected chi connectivity index (χ1v) is 6.30. The minimum atomic E-state index is 0.132. The molecule has 16 heavy (non-hydrogen) atoms. The molecule has 88 valence electrons. The summed E-state index contributed by atoms with van der Waals surface area (Å²) in [4.78, 5) is 5.05. The van der Waals surface area contributed by atoms with E-state index in [1.165, 1.54) is 5.56 Å². The highest BCUT2D eigenvalue weighted by Crippen LogP contribution is 2.39. The number of hydroxylamine groups is 1. The lowest BCUT2D eigenvalue weighted by molar-refractivity contribution is 0.0269. The minimum Gasteiger partial charge on any atom is -0.488 e. The quantitative estimate of drug-likeness (QED) is 0.862. The first-order valence-electron chi connectivity index (χ1n) is 5.51. The zero-order valence-corrected chi connectivity index (χ0v) is 11.1. The lowest BCUT2D eigenvalue weighted by Crippen LogP contribution is -2.30. The molecule has 0 saturated heterocycles. The molecule has 1 aliphatic heterocycles. The summed E-state index contributed by atoms with van der Waals surface area (Å²) in [6, 6.07) is 6.25. The Morgan fingerprint density at radius 1 is 1.50 bits per heavy atom. The van der Waals surface area contributed by atoms with E-state index in [-0.39, 0.29) is 12.1 Å². The SMILES string of the molecule is CCCC1Oc2cc(Br)ccc2C1NOC. The minimum absolute atomic E-state index is 0.132. The van der Waals surface area contributed by atoms with E-state index in [0.29, 0.717) is 0 Å². The Morgan fingerprint density at radius 2 is 2.31 bits per heavy atom. The standard InChI is InChI=1S/C12H16BrNO2/c1-3-4-10-12(14-15-2)9-6-5-8(13)7-11(9)16-10/h5-7,10,12,14H,3-4H2,1-2H3. The molecular weight excluding hydrogens is 270 g/mol. The Labute approximate surface area is 104 Å². The molecule has 1 N–H and O–H groups in total. The number of benzene rings is 1. The molecule has 2 atom stereocenters. The van der Waals surface area contributed by atoms with Crippen LogP contribution in [0.5, 0.6) is 5.75 Å². The van der Waals surface area contributed by atoms with Crippen LogP contribution in [0.25, 0.3) is 0 Å². The maximum Gasteiger partial charge on any atom is 0.125 e. The van der Waals surface area contributed by atoms with E-state index in [1.54, 1.807) is 7.11 Å². The number of fused-ring (bicyclic) bond motifs is 1. The van der Waals surface area contributed by atoms with Gasteiger partial charge in [-0.15, -0.1) is 0 Å². The predicted octanol–water partition coefficient (Wildman–Crippen LogP) is 3.20. The van der Waals surface area contributed by atoms with Gasteiger partial charge in [0.05, 0.1) is 13.2 Å². The highest BCUT2D eigenvalue weighted by molar-refractivity contribution is 9.10. The maximum absolute atomic E-state index is 5.92. The van der Waals surface area contributed by atoms with E-state index in [0.717, 1.165) is 23.1 Å². The van der Waals surface area contributed by atoms with Gasteiger partial charge in [0.15, 0.2) is 0 Å². The number of halogens is 1. The summed E-state index contributed by atoms with van der Waals surface area (Å²) in [6.45, 7) is 2.16. The summed E-state index contributed by atoms with van der Waals surface area (Å²) in [5.41, 5.74) is 4.18. The van der Waals surface area contributed by atoms with Crippen LogP contribution in [0.15, 0.2) is 22.7 Å². The molecule has 1 aliphatic rings. The average Bonchev–Trinajstić information content (AvgIpc) is 2.57. The summed E-state index contributed by atoms with van der Waals surface area (Å²) < 4.78 is 6.96. The fraction of sp³-hybridized carbons (Fsp3) is 0.500. The topological polar surface area (TPSA) is 30.5 Å². The second-order valence-corrected chi connectivity index (χ2v) is 4.84.